The van der Waals surface area contributed by atoms with Crippen molar-refractivity contribution in [2.75, 3.05) is 0 Å². The molecule has 1 saturated heterocycles. The molecule has 0 aromatic heterocycles. The zero-order chi connectivity index (χ0) is 14.3. The lowest BCUT2D eigenvalue weighted by atomic mass is 9.97. The van der Waals surface area contributed by atoms with E-state index in [0.29, 0.717) is 0 Å². The maximum absolute atomic E-state index is 6.10. The fraction of sp³-hybridized carbons (Fsp3) is 0.625. The molecule has 2 N–H and O–H groups in total. The van der Waals surface area contributed by atoms with Crippen molar-refractivity contribution in [2.45, 2.75) is 64.4 Å². The van der Waals surface area contributed by atoms with Crippen LogP contribution in [0.1, 0.15) is 52.6 Å². The highest BCUT2D eigenvalue weighted by Gasteiger charge is 2.47. The number of ether oxygens (including phenoxy) is 2. The van der Waals surface area contributed by atoms with Gasteiger partial charge in [-0.15, -0.1) is 0 Å². The summed E-state index contributed by atoms with van der Waals surface area (Å²) in [6, 6.07) is 8.07. The molecule has 0 bridgehead atoms. The molecule has 3 nitrogen and oxygen atoms in total. The monoisotopic (exact) mass is 263 g/mol. The van der Waals surface area contributed by atoms with Gasteiger partial charge in [-0.05, 0) is 52.3 Å². The second-order valence-electron chi connectivity index (χ2n) is 6.63. The van der Waals surface area contributed by atoms with Crippen molar-refractivity contribution < 1.29 is 9.47 Å². The van der Waals surface area contributed by atoms with Gasteiger partial charge in [0.15, 0.2) is 0 Å². The molecule has 19 heavy (non-hydrogen) atoms. The van der Waals surface area contributed by atoms with Crippen LogP contribution in [0.4, 0.5) is 0 Å². The highest BCUT2D eigenvalue weighted by atomic mass is 16.6. The minimum Gasteiger partial charge on any atom is -0.487 e. The molecule has 0 amide bonds. The Balaban J connectivity index is 2.09. The van der Waals surface area contributed by atoms with E-state index in [1.165, 1.54) is 0 Å². The van der Waals surface area contributed by atoms with Crippen molar-refractivity contribution in [3.05, 3.63) is 29.8 Å². The summed E-state index contributed by atoms with van der Waals surface area (Å²) in [5.74, 6) is 0.878. The number of benzene rings is 1. The summed E-state index contributed by atoms with van der Waals surface area (Å²) in [4.78, 5) is 0. The Hall–Kier alpha value is -1.06. The van der Waals surface area contributed by atoms with Crippen LogP contribution in [0.2, 0.25) is 0 Å². The lowest BCUT2D eigenvalue weighted by Crippen LogP contribution is -2.36. The topological polar surface area (TPSA) is 44.5 Å². The molecule has 2 atom stereocenters. The third kappa shape index (κ3) is 3.28. The van der Waals surface area contributed by atoms with Crippen LogP contribution in [-0.4, -0.2) is 17.3 Å². The highest BCUT2D eigenvalue weighted by Crippen LogP contribution is 2.39. The number of rotatable bonds is 3. The maximum Gasteiger partial charge on any atom is 0.130 e. The molecule has 1 aliphatic rings. The summed E-state index contributed by atoms with van der Waals surface area (Å²) in [5, 5.41) is 0. The lowest BCUT2D eigenvalue weighted by Gasteiger charge is -2.27. The van der Waals surface area contributed by atoms with Gasteiger partial charge in [0.05, 0.1) is 5.60 Å². The van der Waals surface area contributed by atoms with E-state index in [-0.39, 0.29) is 23.3 Å². The van der Waals surface area contributed by atoms with Crippen LogP contribution in [0.25, 0.3) is 0 Å². The Morgan fingerprint density at radius 1 is 1.21 bits per heavy atom. The molecule has 1 aromatic rings. The van der Waals surface area contributed by atoms with Crippen LogP contribution >= 0.6 is 0 Å². The molecule has 106 valence electrons. The van der Waals surface area contributed by atoms with E-state index in [2.05, 4.69) is 27.7 Å². The van der Waals surface area contributed by atoms with E-state index >= 15 is 0 Å². The molecule has 0 saturated carbocycles. The summed E-state index contributed by atoms with van der Waals surface area (Å²) in [6.07, 6.45) is 0.971. The van der Waals surface area contributed by atoms with Crippen LogP contribution in [0.3, 0.4) is 0 Å². The van der Waals surface area contributed by atoms with Crippen molar-refractivity contribution >= 4 is 0 Å². The molecule has 1 aromatic carbocycles. The summed E-state index contributed by atoms with van der Waals surface area (Å²) < 4.78 is 12.1. The zero-order valence-electron chi connectivity index (χ0n) is 12.6. The van der Waals surface area contributed by atoms with Crippen LogP contribution < -0.4 is 10.5 Å². The third-order valence-electron chi connectivity index (χ3n) is 3.68. The van der Waals surface area contributed by atoms with Crippen molar-refractivity contribution in [1.29, 1.82) is 0 Å². The van der Waals surface area contributed by atoms with Gasteiger partial charge in [0.2, 0.25) is 0 Å². The predicted molar refractivity (Wildman–Crippen MR) is 77.3 cm³/mol. The quantitative estimate of drug-likeness (QED) is 0.908. The fourth-order valence-corrected chi connectivity index (χ4v) is 2.71. The molecule has 1 heterocycles. The second-order valence-corrected chi connectivity index (χ2v) is 6.63. The Bertz CT molecular complexity index is 435. The van der Waals surface area contributed by atoms with E-state index < -0.39 is 0 Å². The average molecular weight is 263 g/mol. The summed E-state index contributed by atoms with van der Waals surface area (Å²) in [6.45, 7) is 10.4. The van der Waals surface area contributed by atoms with Crippen LogP contribution in [0.5, 0.6) is 5.75 Å². The number of hydrogen-bond donors (Lipinski definition) is 1. The van der Waals surface area contributed by atoms with Gasteiger partial charge in [-0.1, -0.05) is 12.1 Å². The minimum atomic E-state index is -0.261. The van der Waals surface area contributed by atoms with Gasteiger partial charge < -0.3 is 15.2 Å². The predicted octanol–water partition coefficient (Wildman–Crippen LogP) is 3.43. The Kier molecular flexibility index (Phi) is 3.63. The van der Waals surface area contributed by atoms with Crippen molar-refractivity contribution in [1.82, 2.24) is 0 Å². The molecule has 0 radical (unpaired) electrons. The number of nitrogens with two attached hydrogens (primary N) is 1. The standard InChI is InChI=1S/C16H25NO2/c1-11(17)12-6-8-13(9-7-12)18-14-10-15(2,3)19-16(14,4)5/h6-9,11,14H,10,17H2,1-5H3/t11-,14?/m0/s1. The van der Waals surface area contributed by atoms with E-state index in [9.17, 15) is 0 Å². The minimum absolute atomic E-state index is 0.0549. The van der Waals surface area contributed by atoms with E-state index in [4.69, 9.17) is 15.2 Å². The van der Waals surface area contributed by atoms with Crippen molar-refractivity contribution in [3.8, 4) is 5.75 Å². The molecule has 0 aliphatic carbocycles. The first kappa shape index (κ1) is 14.4. The fourth-order valence-electron chi connectivity index (χ4n) is 2.71. The van der Waals surface area contributed by atoms with E-state index in [1.807, 2.05) is 31.2 Å². The Morgan fingerprint density at radius 3 is 2.21 bits per heavy atom. The first-order chi connectivity index (χ1) is 8.70. The maximum atomic E-state index is 6.10. The Labute approximate surface area is 116 Å². The molecule has 2 rings (SSSR count). The van der Waals surface area contributed by atoms with Gasteiger partial charge in [-0.25, -0.2) is 0 Å². The van der Waals surface area contributed by atoms with Crippen LogP contribution in [0, 0.1) is 0 Å². The number of hydrogen-bond acceptors (Lipinski definition) is 3. The molecule has 0 spiro atoms. The van der Waals surface area contributed by atoms with Crippen molar-refractivity contribution in [3.63, 3.8) is 0 Å². The van der Waals surface area contributed by atoms with E-state index in [1.54, 1.807) is 0 Å². The van der Waals surface area contributed by atoms with E-state index in [0.717, 1.165) is 17.7 Å². The smallest absolute Gasteiger partial charge is 0.130 e. The molecular formula is C16H25NO2. The molecule has 3 heteroatoms. The van der Waals surface area contributed by atoms with Gasteiger partial charge in [0.25, 0.3) is 0 Å². The van der Waals surface area contributed by atoms with Gasteiger partial charge >= 0.3 is 0 Å². The summed E-state index contributed by atoms with van der Waals surface area (Å²) in [5.41, 5.74) is 6.58. The summed E-state index contributed by atoms with van der Waals surface area (Å²) in [7, 11) is 0. The first-order valence-corrected chi connectivity index (χ1v) is 6.92. The van der Waals surface area contributed by atoms with Gasteiger partial charge in [0, 0.05) is 12.5 Å². The average Bonchev–Trinajstić information content (AvgIpc) is 2.47. The molecule has 1 unspecified atom stereocenters. The SMILES string of the molecule is C[C@H](N)c1ccc(OC2CC(C)(C)OC2(C)C)cc1. The van der Waals surface area contributed by atoms with Crippen LogP contribution in [-0.2, 0) is 4.74 Å². The zero-order valence-corrected chi connectivity index (χ0v) is 12.6. The highest BCUT2D eigenvalue weighted by molar-refractivity contribution is 5.29. The summed E-state index contributed by atoms with van der Waals surface area (Å²) >= 11 is 0. The third-order valence-corrected chi connectivity index (χ3v) is 3.68. The van der Waals surface area contributed by atoms with Crippen molar-refractivity contribution in [2.24, 2.45) is 5.73 Å². The van der Waals surface area contributed by atoms with Gasteiger partial charge in [0.1, 0.15) is 17.5 Å². The molecular weight excluding hydrogens is 238 g/mol. The van der Waals surface area contributed by atoms with Crippen LogP contribution in [0.15, 0.2) is 24.3 Å². The largest absolute Gasteiger partial charge is 0.487 e. The second kappa shape index (κ2) is 4.80. The first-order valence-electron chi connectivity index (χ1n) is 6.92. The molecule has 1 aliphatic heterocycles. The molecule has 1 fully saturated rings. The van der Waals surface area contributed by atoms with Gasteiger partial charge in [-0.3, -0.25) is 0 Å². The lowest BCUT2D eigenvalue weighted by molar-refractivity contribution is -0.0846. The Morgan fingerprint density at radius 2 is 1.79 bits per heavy atom. The van der Waals surface area contributed by atoms with Gasteiger partial charge in [-0.2, -0.15) is 0 Å². The normalized spacial score (nSPS) is 26.1.